The number of nitrogens with one attached hydrogen (secondary N) is 1. The van der Waals surface area contributed by atoms with E-state index in [9.17, 15) is 9.59 Å². The third-order valence-corrected chi connectivity index (χ3v) is 6.37. The van der Waals surface area contributed by atoms with Crippen molar-refractivity contribution in [3.05, 3.63) is 60.2 Å². The van der Waals surface area contributed by atoms with Gasteiger partial charge in [-0.05, 0) is 42.7 Å². The fourth-order valence-corrected chi connectivity index (χ4v) is 4.43. The summed E-state index contributed by atoms with van der Waals surface area (Å²) in [5.74, 6) is 2.06. The molecule has 33 heavy (non-hydrogen) atoms. The maximum absolute atomic E-state index is 12.3. The molecule has 0 saturated carbocycles. The van der Waals surface area contributed by atoms with Gasteiger partial charge in [0.15, 0.2) is 0 Å². The van der Waals surface area contributed by atoms with Crippen LogP contribution in [0.1, 0.15) is 69.8 Å². The highest BCUT2D eigenvalue weighted by molar-refractivity contribution is 7.98. The molecule has 0 aliphatic heterocycles. The van der Waals surface area contributed by atoms with Crippen molar-refractivity contribution in [1.29, 1.82) is 0 Å². The maximum atomic E-state index is 12.3. The summed E-state index contributed by atoms with van der Waals surface area (Å²) in [6.45, 7) is 0.310. The van der Waals surface area contributed by atoms with Crippen molar-refractivity contribution >= 4 is 29.3 Å². The molecule has 0 atom stereocenters. The predicted molar refractivity (Wildman–Crippen MR) is 137 cm³/mol. The number of carboxylic acids is 1. The van der Waals surface area contributed by atoms with Crippen LogP contribution in [-0.2, 0) is 15.3 Å². The van der Waals surface area contributed by atoms with Crippen molar-refractivity contribution in [2.45, 2.75) is 70.0 Å². The fourth-order valence-electron chi connectivity index (χ4n) is 3.45. The quantitative estimate of drug-likeness (QED) is 0.231. The highest BCUT2D eigenvalue weighted by Crippen LogP contribution is 2.24. The molecular formula is C27H37NO4S. The molecule has 0 radical (unpaired) electrons. The minimum atomic E-state index is -0.835. The largest absolute Gasteiger partial charge is 0.491 e. The minimum absolute atomic E-state index is 0.00738. The van der Waals surface area contributed by atoms with Crippen LogP contribution in [0.2, 0.25) is 0 Å². The lowest BCUT2D eigenvalue weighted by Gasteiger charge is -2.12. The Hall–Kier alpha value is -2.47. The van der Waals surface area contributed by atoms with E-state index in [-0.39, 0.29) is 12.3 Å². The normalized spacial score (nSPS) is 10.7. The number of rotatable bonds is 18. The summed E-state index contributed by atoms with van der Waals surface area (Å²) in [5.41, 5.74) is 2.04. The van der Waals surface area contributed by atoms with Crippen molar-refractivity contribution in [2.75, 3.05) is 17.7 Å². The molecule has 0 aliphatic carbocycles. The number of benzene rings is 2. The van der Waals surface area contributed by atoms with Crippen LogP contribution in [0.5, 0.6) is 5.75 Å². The lowest BCUT2D eigenvalue weighted by atomic mass is 10.1. The fraction of sp³-hybridized carbons (Fsp3) is 0.481. The van der Waals surface area contributed by atoms with Crippen LogP contribution < -0.4 is 10.1 Å². The second-order valence-corrected chi connectivity index (χ2v) is 9.26. The molecule has 0 saturated heterocycles. The molecule has 0 fully saturated rings. The summed E-state index contributed by atoms with van der Waals surface area (Å²) in [4.78, 5) is 22.9. The zero-order valence-corrected chi connectivity index (χ0v) is 20.3. The van der Waals surface area contributed by atoms with Gasteiger partial charge in [0.1, 0.15) is 5.75 Å². The number of thioether (sulfide) groups is 1. The van der Waals surface area contributed by atoms with Gasteiger partial charge in [-0.2, -0.15) is 11.8 Å². The second kappa shape index (κ2) is 17.1. The van der Waals surface area contributed by atoms with Crippen LogP contribution in [0.15, 0.2) is 54.6 Å². The van der Waals surface area contributed by atoms with Crippen LogP contribution in [0.3, 0.4) is 0 Å². The number of unbranched alkanes of at least 4 members (excludes halogenated alkanes) is 6. The molecule has 0 bridgehead atoms. The Labute approximate surface area is 202 Å². The molecule has 0 spiro atoms. The summed E-state index contributed by atoms with van der Waals surface area (Å²) in [6, 6.07) is 17.9. The monoisotopic (exact) mass is 471 g/mol. The molecule has 0 heterocycles. The first-order valence-electron chi connectivity index (χ1n) is 12.0. The van der Waals surface area contributed by atoms with E-state index in [1.54, 1.807) is 6.07 Å². The van der Waals surface area contributed by atoms with Gasteiger partial charge in [0, 0.05) is 18.6 Å². The molecule has 0 aliphatic rings. The zero-order chi connectivity index (χ0) is 23.6. The Morgan fingerprint density at radius 1 is 0.788 bits per heavy atom. The highest BCUT2D eigenvalue weighted by atomic mass is 32.2. The molecule has 2 aromatic carbocycles. The van der Waals surface area contributed by atoms with E-state index in [2.05, 4.69) is 35.6 Å². The lowest BCUT2D eigenvalue weighted by molar-refractivity contribution is -0.137. The molecule has 0 unspecified atom stereocenters. The van der Waals surface area contributed by atoms with Crippen LogP contribution in [0.4, 0.5) is 5.69 Å². The summed E-state index contributed by atoms with van der Waals surface area (Å²) >= 11 is 2.01. The van der Waals surface area contributed by atoms with Gasteiger partial charge in [-0.1, -0.05) is 74.6 Å². The molecule has 1 amide bonds. The summed E-state index contributed by atoms with van der Waals surface area (Å²) in [7, 11) is 0. The third kappa shape index (κ3) is 13.0. The molecular weight excluding hydrogens is 434 g/mol. The van der Waals surface area contributed by atoms with E-state index < -0.39 is 5.97 Å². The number of ether oxygens (including phenoxy) is 1. The van der Waals surface area contributed by atoms with E-state index in [1.165, 1.54) is 43.4 Å². The van der Waals surface area contributed by atoms with Gasteiger partial charge in [-0.15, -0.1) is 0 Å². The number of carboxylic acid groups (broad SMARTS) is 1. The predicted octanol–water partition coefficient (Wildman–Crippen LogP) is 6.92. The van der Waals surface area contributed by atoms with E-state index in [4.69, 9.17) is 9.84 Å². The summed E-state index contributed by atoms with van der Waals surface area (Å²) < 4.78 is 5.64. The minimum Gasteiger partial charge on any atom is -0.491 e. The maximum Gasteiger partial charge on any atom is 0.303 e. The zero-order valence-electron chi connectivity index (χ0n) is 19.5. The van der Waals surface area contributed by atoms with Gasteiger partial charge in [-0.25, -0.2) is 0 Å². The first-order valence-corrected chi connectivity index (χ1v) is 13.2. The van der Waals surface area contributed by atoms with Crippen molar-refractivity contribution in [3.63, 3.8) is 0 Å². The number of aliphatic carboxylic acids is 1. The Kier molecular flexibility index (Phi) is 13.8. The van der Waals surface area contributed by atoms with Crippen LogP contribution >= 0.6 is 11.8 Å². The molecule has 6 heteroatoms. The van der Waals surface area contributed by atoms with E-state index in [0.29, 0.717) is 30.9 Å². The average molecular weight is 472 g/mol. The van der Waals surface area contributed by atoms with Crippen molar-refractivity contribution < 1.29 is 19.4 Å². The Morgan fingerprint density at radius 3 is 2.21 bits per heavy atom. The first-order chi connectivity index (χ1) is 16.1. The number of anilines is 1. The molecule has 2 aromatic rings. The van der Waals surface area contributed by atoms with Crippen LogP contribution in [0, 0.1) is 0 Å². The molecule has 2 rings (SSSR count). The van der Waals surface area contributed by atoms with Gasteiger partial charge in [0.2, 0.25) is 5.91 Å². The number of carbonyl (C=O) groups is 2. The molecule has 5 nitrogen and oxygen atoms in total. The van der Waals surface area contributed by atoms with Crippen molar-refractivity contribution in [1.82, 2.24) is 0 Å². The Bertz CT molecular complexity index is 813. The number of carbonyl (C=O) groups excluding carboxylic acids is 1. The number of hydrogen-bond acceptors (Lipinski definition) is 4. The second-order valence-electron chi connectivity index (χ2n) is 8.15. The number of hydrogen-bond donors (Lipinski definition) is 2. The molecule has 2 N–H and O–H groups in total. The van der Waals surface area contributed by atoms with Gasteiger partial charge in [-0.3, -0.25) is 9.59 Å². The van der Waals surface area contributed by atoms with Gasteiger partial charge in [0.05, 0.1) is 12.3 Å². The third-order valence-electron chi connectivity index (χ3n) is 5.26. The molecule has 180 valence electrons. The lowest BCUT2D eigenvalue weighted by Crippen LogP contribution is -2.12. The van der Waals surface area contributed by atoms with Crippen LogP contribution in [0.25, 0.3) is 0 Å². The van der Waals surface area contributed by atoms with Gasteiger partial charge >= 0.3 is 5.97 Å². The standard InChI is InChI=1S/C27H37NO4S/c29-26(28-24-16-10-11-17-25(24)32-20-13-19-27(30)31)18-9-4-2-1-3-5-12-21-33-22-23-14-7-6-8-15-23/h6-8,10-11,14-17H,1-5,9,12-13,18-22H2,(H,28,29)(H,30,31). The van der Waals surface area contributed by atoms with E-state index in [1.807, 2.05) is 30.0 Å². The summed E-state index contributed by atoms with van der Waals surface area (Å²) in [6.07, 6.45) is 9.21. The topological polar surface area (TPSA) is 75.6 Å². The van der Waals surface area contributed by atoms with Crippen molar-refractivity contribution in [3.8, 4) is 5.75 Å². The van der Waals surface area contributed by atoms with Gasteiger partial charge < -0.3 is 15.2 Å². The Morgan fingerprint density at radius 2 is 1.45 bits per heavy atom. The first kappa shape index (κ1) is 26.8. The highest BCUT2D eigenvalue weighted by Gasteiger charge is 2.08. The van der Waals surface area contributed by atoms with Gasteiger partial charge in [0.25, 0.3) is 0 Å². The number of amides is 1. The number of para-hydroxylation sites is 2. The average Bonchev–Trinajstić information content (AvgIpc) is 2.82. The summed E-state index contributed by atoms with van der Waals surface area (Å²) in [5, 5.41) is 11.6. The SMILES string of the molecule is O=C(O)CCCOc1ccccc1NC(=O)CCCCCCCCCSCc1ccccc1. The molecule has 0 aromatic heterocycles. The van der Waals surface area contributed by atoms with Crippen molar-refractivity contribution in [2.24, 2.45) is 0 Å². The van der Waals surface area contributed by atoms with E-state index >= 15 is 0 Å². The van der Waals surface area contributed by atoms with Crippen LogP contribution in [-0.4, -0.2) is 29.3 Å². The smallest absolute Gasteiger partial charge is 0.303 e. The van der Waals surface area contributed by atoms with E-state index in [0.717, 1.165) is 18.6 Å². The Balaban J connectivity index is 1.46.